The number of anilines is 1. The largest absolute Gasteiger partial charge is 0.486 e. The maximum absolute atomic E-state index is 12.8. The lowest BCUT2D eigenvalue weighted by atomic mass is 10.1. The second-order valence-corrected chi connectivity index (χ2v) is 7.73. The van der Waals surface area contributed by atoms with E-state index in [-0.39, 0.29) is 5.69 Å². The van der Waals surface area contributed by atoms with Crippen molar-refractivity contribution in [2.75, 3.05) is 5.32 Å². The molecule has 0 fully saturated rings. The first kappa shape index (κ1) is 21.6. The number of nitriles is 1. The first-order valence-electron chi connectivity index (χ1n) is 9.60. The standard InChI is InChI=1S/C21H17Cl2N7O2/c1-12(19-16(22)9-25-10-17(19)23)32-14-3-4-18-15(7-14)20(29-28-18)21(31)27-13-8-26-30(11-13)6-2-5-24/h3-4,7-12H,2,6H2,1H3,(H,27,31)(H,28,29). The van der Waals surface area contributed by atoms with E-state index in [0.29, 0.717) is 50.9 Å². The Labute approximate surface area is 192 Å². The van der Waals surface area contributed by atoms with Crippen LogP contribution in [0.5, 0.6) is 5.75 Å². The Bertz CT molecular complexity index is 1310. The number of halogens is 2. The summed E-state index contributed by atoms with van der Waals surface area (Å²) in [4.78, 5) is 16.7. The highest BCUT2D eigenvalue weighted by atomic mass is 35.5. The van der Waals surface area contributed by atoms with Crippen molar-refractivity contribution >= 4 is 45.7 Å². The number of aromatic amines is 1. The SMILES string of the molecule is CC(Oc1ccc2[nH]nc(C(=O)Nc3cnn(CCC#N)c3)c2c1)c1c(Cl)cncc1Cl. The van der Waals surface area contributed by atoms with E-state index in [1.807, 2.05) is 6.92 Å². The molecule has 0 aliphatic rings. The number of hydrogen-bond donors (Lipinski definition) is 2. The predicted octanol–water partition coefficient (Wildman–Crippen LogP) is 4.77. The second-order valence-electron chi connectivity index (χ2n) is 6.91. The maximum atomic E-state index is 12.8. The van der Waals surface area contributed by atoms with Gasteiger partial charge in [0.15, 0.2) is 5.69 Å². The minimum Gasteiger partial charge on any atom is -0.486 e. The number of carbonyl (C=O) groups is 1. The molecular formula is C21H17Cl2N7O2. The zero-order valence-corrected chi connectivity index (χ0v) is 18.4. The third-order valence-electron chi connectivity index (χ3n) is 4.70. The first-order valence-corrected chi connectivity index (χ1v) is 10.4. The fourth-order valence-corrected chi connectivity index (χ4v) is 3.89. The van der Waals surface area contributed by atoms with Gasteiger partial charge in [-0.3, -0.25) is 19.6 Å². The van der Waals surface area contributed by atoms with Crippen molar-refractivity contribution in [3.05, 3.63) is 64.3 Å². The molecule has 32 heavy (non-hydrogen) atoms. The van der Waals surface area contributed by atoms with E-state index in [9.17, 15) is 4.79 Å². The van der Waals surface area contributed by atoms with Crippen molar-refractivity contribution in [3.8, 4) is 11.8 Å². The summed E-state index contributed by atoms with van der Waals surface area (Å²) in [6, 6.07) is 7.32. The summed E-state index contributed by atoms with van der Waals surface area (Å²) in [5.74, 6) is 0.121. The number of amides is 1. The van der Waals surface area contributed by atoms with Crippen LogP contribution in [0.3, 0.4) is 0 Å². The Morgan fingerprint density at radius 2 is 2.09 bits per heavy atom. The molecule has 4 rings (SSSR count). The molecule has 0 radical (unpaired) electrons. The number of nitrogens with zero attached hydrogens (tertiary/aromatic N) is 5. The number of benzene rings is 1. The topological polar surface area (TPSA) is 122 Å². The molecule has 0 aliphatic carbocycles. The molecule has 0 spiro atoms. The molecule has 1 aromatic carbocycles. The summed E-state index contributed by atoms with van der Waals surface area (Å²) in [5, 5.41) is 23.9. The zero-order valence-electron chi connectivity index (χ0n) is 16.8. The minimum absolute atomic E-state index is 0.211. The molecule has 162 valence electrons. The molecule has 3 aromatic heterocycles. The number of aryl methyl sites for hydroxylation is 1. The smallest absolute Gasteiger partial charge is 0.276 e. The Kier molecular flexibility index (Phi) is 6.25. The van der Waals surface area contributed by atoms with Crippen molar-refractivity contribution in [1.29, 1.82) is 5.26 Å². The Balaban J connectivity index is 1.54. The third kappa shape index (κ3) is 4.51. The molecule has 11 heteroatoms. The molecule has 1 unspecified atom stereocenters. The molecule has 0 aliphatic heterocycles. The van der Waals surface area contributed by atoms with E-state index in [4.69, 9.17) is 33.2 Å². The number of pyridine rings is 1. The Morgan fingerprint density at radius 3 is 2.84 bits per heavy atom. The van der Waals surface area contributed by atoms with Crippen LogP contribution >= 0.6 is 23.2 Å². The fourth-order valence-electron chi connectivity index (χ4n) is 3.22. The molecule has 0 bridgehead atoms. The van der Waals surface area contributed by atoms with Crippen LogP contribution < -0.4 is 10.1 Å². The average molecular weight is 470 g/mol. The van der Waals surface area contributed by atoms with Gasteiger partial charge in [-0.2, -0.15) is 15.5 Å². The molecule has 0 saturated carbocycles. The van der Waals surface area contributed by atoms with Gasteiger partial charge in [0, 0.05) is 29.5 Å². The highest BCUT2D eigenvalue weighted by molar-refractivity contribution is 6.35. The molecule has 2 N–H and O–H groups in total. The number of aromatic nitrogens is 5. The van der Waals surface area contributed by atoms with E-state index in [2.05, 4.69) is 31.7 Å². The number of ether oxygens (including phenoxy) is 1. The quantitative estimate of drug-likeness (QED) is 0.402. The third-order valence-corrected chi connectivity index (χ3v) is 5.31. The van der Waals surface area contributed by atoms with Crippen molar-refractivity contribution in [1.82, 2.24) is 25.0 Å². The summed E-state index contributed by atoms with van der Waals surface area (Å²) in [6.45, 7) is 2.27. The normalized spacial score (nSPS) is 11.8. The van der Waals surface area contributed by atoms with Crippen LogP contribution in [0.4, 0.5) is 5.69 Å². The molecule has 1 atom stereocenters. The summed E-state index contributed by atoms with van der Waals surface area (Å²) in [6.07, 6.45) is 6.07. The second kappa shape index (κ2) is 9.26. The van der Waals surface area contributed by atoms with Gasteiger partial charge in [0.25, 0.3) is 5.91 Å². The number of fused-ring (bicyclic) bond motifs is 1. The number of rotatable bonds is 7. The summed E-state index contributed by atoms with van der Waals surface area (Å²) >= 11 is 12.4. The van der Waals surface area contributed by atoms with Gasteiger partial charge in [-0.15, -0.1) is 0 Å². The van der Waals surface area contributed by atoms with Gasteiger partial charge in [0.05, 0.1) is 46.5 Å². The van der Waals surface area contributed by atoms with Crippen molar-refractivity contribution in [3.63, 3.8) is 0 Å². The number of nitrogens with one attached hydrogen (secondary N) is 2. The Morgan fingerprint density at radius 1 is 1.31 bits per heavy atom. The lowest BCUT2D eigenvalue weighted by Crippen LogP contribution is -2.12. The minimum atomic E-state index is -0.445. The van der Waals surface area contributed by atoms with Gasteiger partial charge in [-0.1, -0.05) is 23.2 Å². The molecule has 0 saturated heterocycles. The van der Waals surface area contributed by atoms with Crippen molar-refractivity contribution in [2.45, 2.75) is 26.0 Å². The van der Waals surface area contributed by atoms with Gasteiger partial charge in [-0.05, 0) is 25.1 Å². The van der Waals surface area contributed by atoms with Gasteiger partial charge in [0.2, 0.25) is 0 Å². The average Bonchev–Trinajstić information content (AvgIpc) is 3.38. The van der Waals surface area contributed by atoms with Gasteiger partial charge in [0.1, 0.15) is 11.9 Å². The van der Waals surface area contributed by atoms with E-state index in [0.717, 1.165) is 0 Å². The van der Waals surface area contributed by atoms with Crippen LogP contribution in [-0.2, 0) is 6.54 Å². The van der Waals surface area contributed by atoms with E-state index < -0.39 is 12.0 Å². The lowest BCUT2D eigenvalue weighted by Gasteiger charge is -2.17. The highest BCUT2D eigenvalue weighted by Gasteiger charge is 2.19. The number of hydrogen-bond acceptors (Lipinski definition) is 6. The van der Waals surface area contributed by atoms with E-state index >= 15 is 0 Å². The van der Waals surface area contributed by atoms with Crippen LogP contribution in [0.25, 0.3) is 10.9 Å². The summed E-state index contributed by atoms with van der Waals surface area (Å²) in [5.41, 5.74) is 2.02. The van der Waals surface area contributed by atoms with Gasteiger partial charge >= 0.3 is 0 Å². The van der Waals surface area contributed by atoms with Crippen LogP contribution in [0, 0.1) is 11.3 Å². The van der Waals surface area contributed by atoms with Crippen LogP contribution in [0.2, 0.25) is 10.0 Å². The van der Waals surface area contributed by atoms with E-state index in [1.165, 1.54) is 18.6 Å². The van der Waals surface area contributed by atoms with Crippen LogP contribution in [-0.4, -0.2) is 30.9 Å². The monoisotopic (exact) mass is 469 g/mol. The van der Waals surface area contributed by atoms with Gasteiger partial charge in [-0.25, -0.2) is 0 Å². The van der Waals surface area contributed by atoms with Crippen molar-refractivity contribution < 1.29 is 9.53 Å². The molecule has 4 aromatic rings. The molecule has 3 heterocycles. The van der Waals surface area contributed by atoms with Gasteiger partial charge < -0.3 is 10.1 Å². The summed E-state index contributed by atoms with van der Waals surface area (Å²) in [7, 11) is 0. The highest BCUT2D eigenvalue weighted by Crippen LogP contribution is 2.33. The summed E-state index contributed by atoms with van der Waals surface area (Å²) < 4.78 is 7.61. The molecular weight excluding hydrogens is 453 g/mol. The Hall–Kier alpha value is -3.61. The number of carbonyl (C=O) groups excluding carboxylic acids is 1. The molecule has 1 amide bonds. The van der Waals surface area contributed by atoms with Crippen LogP contribution in [0.15, 0.2) is 43.0 Å². The van der Waals surface area contributed by atoms with Crippen molar-refractivity contribution in [2.24, 2.45) is 0 Å². The number of H-pyrrole nitrogens is 1. The predicted molar refractivity (Wildman–Crippen MR) is 120 cm³/mol. The lowest BCUT2D eigenvalue weighted by molar-refractivity contribution is 0.102. The zero-order chi connectivity index (χ0) is 22.7. The van der Waals surface area contributed by atoms with E-state index in [1.54, 1.807) is 29.1 Å². The fraction of sp³-hybridized carbons (Fsp3) is 0.190. The maximum Gasteiger partial charge on any atom is 0.276 e. The van der Waals surface area contributed by atoms with Crippen LogP contribution in [0.1, 0.15) is 35.5 Å². The first-order chi connectivity index (χ1) is 15.5. The molecule has 9 nitrogen and oxygen atoms in total.